The fourth-order valence-electron chi connectivity index (χ4n) is 2.29. The lowest BCUT2D eigenvalue weighted by atomic mass is 10.1. The van der Waals surface area contributed by atoms with Crippen LogP contribution in [0.3, 0.4) is 0 Å². The molecule has 1 unspecified atom stereocenters. The van der Waals surface area contributed by atoms with Crippen LogP contribution in [-0.4, -0.2) is 15.0 Å². The lowest BCUT2D eigenvalue weighted by Gasteiger charge is -2.16. The predicted octanol–water partition coefficient (Wildman–Crippen LogP) is 3.34. The molecule has 1 atom stereocenters. The molecule has 132 valence electrons. The highest BCUT2D eigenvalue weighted by Gasteiger charge is 2.17. The molecule has 0 spiro atoms. The number of hydrogen-bond donors (Lipinski definition) is 1. The van der Waals surface area contributed by atoms with Crippen LogP contribution in [-0.2, 0) is 15.8 Å². The highest BCUT2D eigenvalue weighted by Crippen LogP contribution is 2.21. The molecule has 1 N–H and O–H groups in total. The monoisotopic (exact) mass is 366 g/mol. The van der Waals surface area contributed by atoms with Crippen molar-refractivity contribution in [3.05, 3.63) is 65.2 Å². The molecule has 0 bridgehead atoms. The Morgan fingerprint density at radius 1 is 1.20 bits per heavy atom. The smallest absolute Gasteiger partial charge is 0.387 e. The molecule has 0 radical (unpaired) electrons. The molecular formula is C17H16F2N2O3S. The molecule has 0 saturated carbocycles. The van der Waals surface area contributed by atoms with Crippen LogP contribution in [0.2, 0.25) is 0 Å². The van der Waals surface area contributed by atoms with Gasteiger partial charge in [-0.3, -0.25) is 0 Å². The minimum Gasteiger partial charge on any atom is -0.435 e. The van der Waals surface area contributed by atoms with Gasteiger partial charge in [0.1, 0.15) is 5.75 Å². The van der Waals surface area contributed by atoms with Crippen LogP contribution < -0.4 is 9.46 Å². The van der Waals surface area contributed by atoms with Crippen molar-refractivity contribution >= 4 is 10.0 Å². The van der Waals surface area contributed by atoms with Crippen molar-refractivity contribution in [1.82, 2.24) is 4.72 Å². The molecule has 5 nitrogen and oxygen atoms in total. The third kappa shape index (κ3) is 5.81. The van der Waals surface area contributed by atoms with Gasteiger partial charge in [0, 0.05) is 6.04 Å². The molecule has 0 aliphatic heterocycles. The normalized spacial score (nSPS) is 12.6. The Morgan fingerprint density at radius 3 is 2.60 bits per heavy atom. The molecule has 2 aromatic carbocycles. The van der Waals surface area contributed by atoms with Crippen LogP contribution in [0.4, 0.5) is 8.78 Å². The lowest BCUT2D eigenvalue weighted by Crippen LogP contribution is -2.28. The summed E-state index contributed by atoms with van der Waals surface area (Å²) in [6, 6.07) is 13.5. The molecule has 25 heavy (non-hydrogen) atoms. The Morgan fingerprint density at radius 2 is 1.92 bits per heavy atom. The van der Waals surface area contributed by atoms with Crippen LogP contribution in [0.15, 0.2) is 48.5 Å². The maximum atomic E-state index is 12.3. The highest BCUT2D eigenvalue weighted by atomic mass is 32.2. The van der Waals surface area contributed by atoms with E-state index < -0.39 is 22.7 Å². The van der Waals surface area contributed by atoms with E-state index in [0.717, 1.165) is 0 Å². The second kappa shape index (κ2) is 8.05. The van der Waals surface area contributed by atoms with E-state index in [1.165, 1.54) is 24.3 Å². The fourth-order valence-corrected chi connectivity index (χ4v) is 3.67. The Balaban J connectivity index is 2.10. The number of benzene rings is 2. The first-order valence-electron chi connectivity index (χ1n) is 7.33. The van der Waals surface area contributed by atoms with Crippen molar-refractivity contribution in [2.24, 2.45) is 0 Å². The minimum atomic E-state index is -3.69. The third-order valence-electron chi connectivity index (χ3n) is 3.35. The van der Waals surface area contributed by atoms with Gasteiger partial charge in [0.25, 0.3) is 0 Å². The van der Waals surface area contributed by atoms with Crippen molar-refractivity contribution in [1.29, 1.82) is 5.26 Å². The van der Waals surface area contributed by atoms with Gasteiger partial charge in [0.15, 0.2) is 0 Å². The van der Waals surface area contributed by atoms with Gasteiger partial charge in [0.2, 0.25) is 10.0 Å². The maximum absolute atomic E-state index is 12.3. The van der Waals surface area contributed by atoms with Gasteiger partial charge in [-0.15, -0.1) is 0 Å². The van der Waals surface area contributed by atoms with E-state index in [0.29, 0.717) is 16.7 Å². The van der Waals surface area contributed by atoms with Crippen molar-refractivity contribution in [3.8, 4) is 11.8 Å². The summed E-state index contributed by atoms with van der Waals surface area (Å²) in [6.07, 6.45) is 0. The maximum Gasteiger partial charge on any atom is 0.387 e. The summed E-state index contributed by atoms with van der Waals surface area (Å²) in [5.41, 5.74) is 1.35. The standard InChI is InChI=1S/C17H16F2N2O3S/c1-12(15-6-3-7-16(9-15)24-17(18)19)21-25(22,23)11-14-5-2-4-13(8-14)10-20/h2-9,12,17,21H,11H2,1H3. The summed E-state index contributed by atoms with van der Waals surface area (Å²) in [7, 11) is -3.69. The number of alkyl halides is 2. The SMILES string of the molecule is CC(NS(=O)(=O)Cc1cccc(C#N)c1)c1cccc(OC(F)F)c1. The average Bonchev–Trinajstić information content (AvgIpc) is 2.53. The number of nitrogens with zero attached hydrogens (tertiary/aromatic N) is 1. The fraction of sp³-hybridized carbons (Fsp3) is 0.235. The topological polar surface area (TPSA) is 79.2 Å². The van der Waals surface area contributed by atoms with E-state index in [2.05, 4.69) is 9.46 Å². The number of rotatable bonds is 7. The first-order chi connectivity index (χ1) is 11.8. The van der Waals surface area contributed by atoms with E-state index in [1.54, 1.807) is 31.2 Å². The van der Waals surface area contributed by atoms with Crippen molar-refractivity contribution in [2.45, 2.75) is 25.3 Å². The van der Waals surface area contributed by atoms with E-state index in [4.69, 9.17) is 5.26 Å². The van der Waals surface area contributed by atoms with Crippen LogP contribution in [0.5, 0.6) is 5.75 Å². The molecule has 0 aromatic heterocycles. The van der Waals surface area contributed by atoms with Gasteiger partial charge < -0.3 is 4.74 Å². The summed E-state index contributed by atoms with van der Waals surface area (Å²) in [4.78, 5) is 0. The number of nitrogens with one attached hydrogen (secondary N) is 1. The van der Waals surface area contributed by atoms with Gasteiger partial charge in [-0.1, -0.05) is 24.3 Å². The average molecular weight is 366 g/mol. The van der Waals surface area contributed by atoms with E-state index >= 15 is 0 Å². The Hall–Kier alpha value is -2.50. The van der Waals surface area contributed by atoms with Gasteiger partial charge >= 0.3 is 6.61 Å². The lowest BCUT2D eigenvalue weighted by molar-refractivity contribution is -0.0499. The van der Waals surface area contributed by atoms with E-state index in [1.807, 2.05) is 6.07 Å². The summed E-state index contributed by atoms with van der Waals surface area (Å²) in [6.45, 7) is -1.35. The van der Waals surface area contributed by atoms with Crippen molar-refractivity contribution in [2.75, 3.05) is 0 Å². The van der Waals surface area contributed by atoms with Crippen LogP contribution in [0, 0.1) is 11.3 Å². The first-order valence-corrected chi connectivity index (χ1v) is 8.98. The van der Waals surface area contributed by atoms with Crippen LogP contribution in [0.25, 0.3) is 0 Å². The number of hydrogen-bond acceptors (Lipinski definition) is 4. The number of ether oxygens (including phenoxy) is 1. The summed E-state index contributed by atoms with van der Waals surface area (Å²) in [5, 5.41) is 8.86. The molecule has 0 fully saturated rings. The van der Waals surface area contributed by atoms with Crippen LogP contribution >= 0.6 is 0 Å². The molecule has 0 aliphatic rings. The number of halogens is 2. The van der Waals surface area contributed by atoms with Crippen molar-refractivity contribution < 1.29 is 21.9 Å². The van der Waals surface area contributed by atoms with E-state index in [9.17, 15) is 17.2 Å². The molecule has 0 saturated heterocycles. The highest BCUT2D eigenvalue weighted by molar-refractivity contribution is 7.88. The summed E-state index contributed by atoms with van der Waals surface area (Å²) < 4.78 is 55.9. The zero-order valence-corrected chi connectivity index (χ0v) is 14.1. The quantitative estimate of drug-likeness (QED) is 0.815. The Kier molecular flexibility index (Phi) is 6.07. The van der Waals surface area contributed by atoms with Gasteiger partial charge in [-0.2, -0.15) is 14.0 Å². The summed E-state index contributed by atoms with van der Waals surface area (Å²) >= 11 is 0. The van der Waals surface area contributed by atoms with Gasteiger partial charge in [-0.25, -0.2) is 13.1 Å². The van der Waals surface area contributed by atoms with Gasteiger partial charge in [-0.05, 0) is 42.3 Å². The zero-order chi connectivity index (χ0) is 18.4. The van der Waals surface area contributed by atoms with E-state index in [-0.39, 0.29) is 11.5 Å². The summed E-state index contributed by atoms with van der Waals surface area (Å²) in [5.74, 6) is -0.333. The Labute approximate surface area is 144 Å². The van der Waals surface area contributed by atoms with Crippen molar-refractivity contribution in [3.63, 3.8) is 0 Å². The molecular weight excluding hydrogens is 350 g/mol. The second-order valence-corrected chi connectivity index (χ2v) is 7.12. The second-order valence-electron chi connectivity index (χ2n) is 5.36. The number of nitriles is 1. The third-order valence-corrected chi connectivity index (χ3v) is 4.78. The molecule has 8 heteroatoms. The minimum absolute atomic E-state index is 0.0414. The Bertz CT molecular complexity index is 879. The molecule has 2 aromatic rings. The largest absolute Gasteiger partial charge is 0.435 e. The zero-order valence-electron chi connectivity index (χ0n) is 13.3. The van der Waals surface area contributed by atoms with Crippen LogP contribution in [0.1, 0.15) is 29.7 Å². The molecule has 0 amide bonds. The van der Waals surface area contributed by atoms with Gasteiger partial charge in [0.05, 0.1) is 17.4 Å². The number of sulfonamides is 1. The first kappa shape index (κ1) is 18.8. The molecule has 0 heterocycles. The molecule has 2 rings (SSSR count). The predicted molar refractivity (Wildman–Crippen MR) is 88.4 cm³/mol. The molecule has 0 aliphatic carbocycles.